The molecule has 1 amide bonds. The normalized spacial score (nSPS) is 13.9. The number of nitrogens with one attached hydrogen (secondary N) is 2. The molecular weight excluding hydrogens is 386 g/mol. The second-order valence-corrected chi connectivity index (χ2v) is 8.41. The van der Waals surface area contributed by atoms with E-state index in [4.69, 9.17) is 9.47 Å². The van der Waals surface area contributed by atoms with E-state index in [1.54, 1.807) is 18.4 Å². The van der Waals surface area contributed by atoms with E-state index in [0.717, 1.165) is 47.5 Å². The second kappa shape index (κ2) is 9.77. The molecule has 7 heteroatoms. The van der Waals surface area contributed by atoms with Gasteiger partial charge in [-0.25, -0.2) is 0 Å². The molecule has 1 aromatic heterocycles. The first-order valence-corrected chi connectivity index (χ1v) is 10.8. The number of hydrogen-bond donors (Lipinski definition) is 2. The number of aryl methyl sites for hydroxylation is 1. The Balaban J connectivity index is 1.61. The standard InChI is InChI=1S/C22H27N3O3S/c1-4-28-18-10-9-15(11-19(18)27-3)13-25(2)14-21(26)24-22-17(12-23)16-7-5-6-8-20(16)29-22/h9-11H,4-8,13-14H2,1-3H3,(H,24,26)/p+1. The minimum absolute atomic E-state index is 0.0736. The molecule has 0 spiro atoms. The van der Waals surface area contributed by atoms with E-state index >= 15 is 0 Å². The van der Waals surface area contributed by atoms with Crippen LogP contribution in [0.1, 0.15) is 41.3 Å². The molecule has 0 aliphatic heterocycles. The first kappa shape index (κ1) is 21.2. The Morgan fingerprint density at radius 1 is 1.31 bits per heavy atom. The SMILES string of the molecule is CCOc1ccc(C[NH+](C)CC(=O)Nc2sc3c(c2C#N)CCCC3)cc1OC. The van der Waals surface area contributed by atoms with Crippen LogP contribution in [-0.2, 0) is 24.2 Å². The minimum atomic E-state index is -0.0736. The maximum Gasteiger partial charge on any atom is 0.280 e. The Morgan fingerprint density at radius 3 is 2.83 bits per heavy atom. The summed E-state index contributed by atoms with van der Waals surface area (Å²) in [6, 6.07) is 8.14. The quantitative estimate of drug-likeness (QED) is 0.696. The average molecular weight is 415 g/mol. The number of hydrogen-bond acceptors (Lipinski definition) is 5. The Bertz CT molecular complexity index is 917. The van der Waals surface area contributed by atoms with Gasteiger partial charge in [-0.3, -0.25) is 4.79 Å². The molecule has 6 nitrogen and oxygen atoms in total. The summed E-state index contributed by atoms with van der Waals surface area (Å²) in [5.74, 6) is 1.35. The molecule has 2 N–H and O–H groups in total. The number of thiophene rings is 1. The molecule has 0 radical (unpaired) electrons. The Kier molecular flexibility index (Phi) is 7.13. The van der Waals surface area contributed by atoms with Crippen molar-refractivity contribution in [2.75, 3.05) is 32.6 Å². The minimum Gasteiger partial charge on any atom is -0.493 e. The molecule has 0 saturated carbocycles. The van der Waals surface area contributed by atoms with Gasteiger partial charge in [-0.2, -0.15) is 5.26 Å². The van der Waals surface area contributed by atoms with Gasteiger partial charge in [-0.05, 0) is 56.4 Å². The van der Waals surface area contributed by atoms with Crippen molar-refractivity contribution in [1.82, 2.24) is 0 Å². The van der Waals surface area contributed by atoms with E-state index in [1.165, 1.54) is 4.88 Å². The highest BCUT2D eigenvalue weighted by Gasteiger charge is 2.22. The number of carbonyl (C=O) groups is 1. The van der Waals surface area contributed by atoms with Gasteiger partial charge in [0.05, 0.1) is 26.3 Å². The van der Waals surface area contributed by atoms with Gasteiger partial charge in [0, 0.05) is 10.4 Å². The number of ether oxygens (including phenoxy) is 2. The summed E-state index contributed by atoms with van der Waals surface area (Å²) in [6.07, 6.45) is 4.22. The summed E-state index contributed by atoms with van der Waals surface area (Å²) >= 11 is 1.56. The molecule has 0 bridgehead atoms. The van der Waals surface area contributed by atoms with Crippen LogP contribution in [0, 0.1) is 11.3 Å². The Hall–Kier alpha value is -2.56. The van der Waals surface area contributed by atoms with Crippen molar-refractivity contribution in [2.24, 2.45) is 0 Å². The molecule has 29 heavy (non-hydrogen) atoms. The summed E-state index contributed by atoms with van der Waals surface area (Å²) in [7, 11) is 3.60. The third-order valence-corrected chi connectivity index (χ3v) is 6.24. The number of methoxy groups -OCH3 is 1. The monoisotopic (exact) mass is 414 g/mol. The molecule has 1 unspecified atom stereocenters. The lowest BCUT2D eigenvalue weighted by atomic mass is 9.96. The third-order valence-electron chi connectivity index (χ3n) is 5.03. The number of amides is 1. The van der Waals surface area contributed by atoms with Crippen molar-refractivity contribution in [3.8, 4) is 17.6 Å². The highest BCUT2D eigenvalue weighted by Crippen LogP contribution is 2.37. The maximum absolute atomic E-state index is 12.6. The van der Waals surface area contributed by atoms with Crippen molar-refractivity contribution < 1.29 is 19.2 Å². The van der Waals surface area contributed by atoms with Crippen LogP contribution in [0.5, 0.6) is 11.5 Å². The van der Waals surface area contributed by atoms with Crippen LogP contribution in [0.2, 0.25) is 0 Å². The first-order chi connectivity index (χ1) is 14.0. The fourth-order valence-corrected chi connectivity index (χ4v) is 4.98. The number of nitriles is 1. The molecule has 1 atom stereocenters. The van der Waals surface area contributed by atoms with Gasteiger partial charge in [-0.1, -0.05) is 0 Å². The van der Waals surface area contributed by atoms with E-state index in [0.29, 0.717) is 36.0 Å². The highest BCUT2D eigenvalue weighted by molar-refractivity contribution is 7.16. The fourth-order valence-electron chi connectivity index (χ4n) is 3.72. The molecule has 1 aliphatic rings. The first-order valence-electron chi connectivity index (χ1n) is 10.0. The number of carbonyl (C=O) groups excluding carboxylic acids is 1. The number of nitrogens with zero attached hydrogens (tertiary/aromatic N) is 1. The zero-order valence-corrected chi connectivity index (χ0v) is 18.1. The number of anilines is 1. The van der Waals surface area contributed by atoms with E-state index in [-0.39, 0.29) is 5.91 Å². The van der Waals surface area contributed by atoms with Crippen LogP contribution in [-0.4, -0.2) is 33.2 Å². The van der Waals surface area contributed by atoms with E-state index < -0.39 is 0 Å². The predicted octanol–water partition coefficient (Wildman–Crippen LogP) is 2.56. The summed E-state index contributed by atoms with van der Waals surface area (Å²) in [6.45, 7) is 3.52. The van der Waals surface area contributed by atoms with Crippen LogP contribution < -0.4 is 19.7 Å². The second-order valence-electron chi connectivity index (χ2n) is 7.30. The molecule has 0 fully saturated rings. The molecule has 1 aromatic carbocycles. The van der Waals surface area contributed by atoms with Crippen LogP contribution in [0.15, 0.2) is 18.2 Å². The fraction of sp³-hybridized carbons (Fsp3) is 0.455. The summed E-state index contributed by atoms with van der Waals surface area (Å²) in [5, 5.41) is 13.2. The summed E-state index contributed by atoms with van der Waals surface area (Å²) in [5.41, 5.74) is 2.87. The van der Waals surface area contributed by atoms with Crippen LogP contribution in [0.25, 0.3) is 0 Å². The van der Waals surface area contributed by atoms with Gasteiger partial charge in [0.1, 0.15) is 17.6 Å². The van der Waals surface area contributed by atoms with Gasteiger partial charge in [0.25, 0.3) is 5.91 Å². The molecule has 2 aromatic rings. The van der Waals surface area contributed by atoms with Crippen molar-refractivity contribution in [3.05, 3.63) is 39.8 Å². The average Bonchev–Trinajstić information content (AvgIpc) is 3.05. The van der Waals surface area contributed by atoms with E-state index in [2.05, 4.69) is 11.4 Å². The van der Waals surface area contributed by atoms with E-state index in [9.17, 15) is 10.1 Å². The zero-order chi connectivity index (χ0) is 20.8. The predicted molar refractivity (Wildman–Crippen MR) is 114 cm³/mol. The van der Waals surface area contributed by atoms with Gasteiger partial charge in [0.15, 0.2) is 18.0 Å². The molecule has 0 saturated heterocycles. The number of fused-ring (bicyclic) bond motifs is 1. The summed E-state index contributed by atoms with van der Waals surface area (Å²) in [4.78, 5) is 14.9. The summed E-state index contributed by atoms with van der Waals surface area (Å²) < 4.78 is 11.0. The number of benzene rings is 1. The number of quaternary nitrogens is 1. The molecule has 1 aliphatic carbocycles. The van der Waals surface area contributed by atoms with Gasteiger partial charge >= 0.3 is 0 Å². The molecule has 154 valence electrons. The van der Waals surface area contributed by atoms with E-state index in [1.807, 2.05) is 32.2 Å². The lowest BCUT2D eigenvalue weighted by Gasteiger charge is -2.15. The van der Waals surface area contributed by atoms with Crippen LogP contribution in [0.4, 0.5) is 5.00 Å². The smallest absolute Gasteiger partial charge is 0.280 e. The van der Waals surface area contributed by atoms with Crippen LogP contribution >= 0.6 is 11.3 Å². The van der Waals surface area contributed by atoms with Crippen molar-refractivity contribution in [3.63, 3.8) is 0 Å². The van der Waals surface area contributed by atoms with Crippen molar-refractivity contribution in [1.29, 1.82) is 5.26 Å². The Labute approximate surface area is 176 Å². The third kappa shape index (κ3) is 5.08. The zero-order valence-electron chi connectivity index (χ0n) is 17.3. The van der Waals surface area contributed by atoms with Crippen molar-refractivity contribution in [2.45, 2.75) is 39.2 Å². The highest BCUT2D eigenvalue weighted by atomic mass is 32.1. The lowest BCUT2D eigenvalue weighted by Crippen LogP contribution is -3.08. The maximum atomic E-state index is 12.6. The van der Waals surface area contributed by atoms with Crippen molar-refractivity contribution >= 4 is 22.2 Å². The number of likely N-dealkylation sites (N-methyl/N-ethyl adjacent to an activating group) is 1. The van der Waals surface area contributed by atoms with Gasteiger partial charge in [-0.15, -0.1) is 11.3 Å². The lowest BCUT2D eigenvalue weighted by molar-refractivity contribution is -0.885. The Morgan fingerprint density at radius 2 is 2.10 bits per heavy atom. The van der Waals surface area contributed by atoms with Gasteiger partial charge in [0.2, 0.25) is 0 Å². The molecule has 1 heterocycles. The van der Waals surface area contributed by atoms with Gasteiger partial charge < -0.3 is 19.7 Å². The topological polar surface area (TPSA) is 75.8 Å². The molecular formula is C22H28N3O3S+. The molecule has 3 rings (SSSR count). The van der Waals surface area contributed by atoms with Crippen LogP contribution in [0.3, 0.4) is 0 Å². The number of rotatable bonds is 8. The largest absolute Gasteiger partial charge is 0.493 e.